The molecule has 0 aromatic carbocycles. The quantitative estimate of drug-likeness (QED) is 0.835. The summed E-state index contributed by atoms with van der Waals surface area (Å²) in [5, 5.41) is 1.96. The Morgan fingerprint density at radius 3 is 2.42 bits per heavy atom. The molecule has 0 aliphatic heterocycles. The van der Waals surface area contributed by atoms with Gasteiger partial charge in [0.1, 0.15) is 6.04 Å². The van der Waals surface area contributed by atoms with Crippen LogP contribution in [0.2, 0.25) is 5.02 Å². The first-order chi connectivity index (χ1) is 5.13. The molecule has 6 heteroatoms. The van der Waals surface area contributed by atoms with E-state index >= 15 is 0 Å². The van der Waals surface area contributed by atoms with Crippen molar-refractivity contribution in [2.75, 3.05) is 0 Å². The topological polar surface area (TPSA) is 26.0 Å². The van der Waals surface area contributed by atoms with Gasteiger partial charge in [-0.1, -0.05) is 11.6 Å². The number of halogens is 4. The normalized spacial score (nSPS) is 12.8. The van der Waals surface area contributed by atoms with Crippen LogP contribution in [0.4, 0.5) is 8.78 Å². The van der Waals surface area contributed by atoms with E-state index in [0.29, 0.717) is 9.90 Å². The van der Waals surface area contributed by atoms with E-state index in [-0.39, 0.29) is 12.4 Å². The van der Waals surface area contributed by atoms with E-state index in [1.165, 1.54) is 0 Å². The summed E-state index contributed by atoms with van der Waals surface area (Å²) in [5.74, 6) is 0. The fourth-order valence-corrected chi connectivity index (χ4v) is 1.85. The van der Waals surface area contributed by atoms with Crippen molar-refractivity contribution in [1.82, 2.24) is 0 Å². The van der Waals surface area contributed by atoms with Crippen LogP contribution in [0.5, 0.6) is 0 Å². The van der Waals surface area contributed by atoms with E-state index in [0.717, 1.165) is 11.3 Å². The zero-order valence-corrected chi connectivity index (χ0v) is 8.23. The third-order valence-corrected chi connectivity index (χ3v) is 2.68. The Labute approximate surface area is 83.9 Å². The minimum Gasteiger partial charge on any atom is -0.319 e. The van der Waals surface area contributed by atoms with Gasteiger partial charge < -0.3 is 5.73 Å². The lowest BCUT2D eigenvalue weighted by atomic mass is 10.3. The maximum Gasteiger partial charge on any atom is 0.258 e. The Hall–Kier alpha value is 0.1000. The molecule has 1 aromatic rings. The Bertz CT molecular complexity index is 241. The first-order valence-corrected chi connectivity index (χ1v) is 4.15. The number of hydrogen-bond acceptors (Lipinski definition) is 2. The zero-order valence-electron chi connectivity index (χ0n) is 5.84. The van der Waals surface area contributed by atoms with E-state index in [4.69, 9.17) is 17.3 Å². The van der Waals surface area contributed by atoms with Gasteiger partial charge in [-0.15, -0.1) is 23.7 Å². The molecule has 0 bridgehead atoms. The molecule has 0 spiro atoms. The summed E-state index contributed by atoms with van der Waals surface area (Å²) in [4.78, 5) is 0.349. The molecule has 1 aromatic heterocycles. The van der Waals surface area contributed by atoms with Crippen molar-refractivity contribution in [3.8, 4) is 0 Å². The molecule has 0 unspecified atom stereocenters. The van der Waals surface area contributed by atoms with Gasteiger partial charge in [0.2, 0.25) is 0 Å². The molecule has 0 saturated heterocycles. The second-order valence-corrected chi connectivity index (χ2v) is 3.35. The lowest BCUT2D eigenvalue weighted by Gasteiger charge is -2.07. The standard InChI is InChI=1S/C6H6ClF2NS.ClH/c7-3-1-2-11-5(3)4(10)6(8)9;/h1-2,4,6H,10H2;1H/t4-;/m1./s1. The molecule has 12 heavy (non-hydrogen) atoms. The summed E-state index contributed by atoms with van der Waals surface area (Å²) < 4.78 is 24.0. The van der Waals surface area contributed by atoms with Crippen LogP contribution in [0, 0.1) is 0 Å². The molecule has 0 aliphatic carbocycles. The van der Waals surface area contributed by atoms with Crippen LogP contribution in [0.15, 0.2) is 11.4 Å². The molecule has 0 fully saturated rings. The molecule has 0 amide bonds. The summed E-state index contributed by atoms with van der Waals surface area (Å²) in [5.41, 5.74) is 5.16. The SMILES string of the molecule is Cl.N[C@H](c1sccc1Cl)C(F)F. The van der Waals surface area contributed by atoms with Crippen LogP contribution in [0.3, 0.4) is 0 Å². The number of nitrogens with two attached hydrogens (primary N) is 1. The third kappa shape index (κ3) is 2.55. The van der Waals surface area contributed by atoms with E-state index in [2.05, 4.69) is 0 Å². The molecule has 1 rings (SSSR count). The van der Waals surface area contributed by atoms with Crippen molar-refractivity contribution in [2.45, 2.75) is 12.5 Å². The van der Waals surface area contributed by atoms with Crippen LogP contribution in [0.1, 0.15) is 10.9 Å². The Kier molecular flexibility index (Phi) is 5.01. The van der Waals surface area contributed by atoms with Gasteiger partial charge in [0.15, 0.2) is 0 Å². The first kappa shape index (κ1) is 12.1. The highest BCUT2D eigenvalue weighted by molar-refractivity contribution is 7.10. The number of rotatable bonds is 2. The summed E-state index contributed by atoms with van der Waals surface area (Å²) in [6.45, 7) is 0. The van der Waals surface area contributed by atoms with Crippen molar-refractivity contribution in [2.24, 2.45) is 5.73 Å². The average molecular weight is 234 g/mol. The first-order valence-electron chi connectivity index (χ1n) is 2.89. The van der Waals surface area contributed by atoms with Crippen molar-refractivity contribution < 1.29 is 8.78 Å². The maximum absolute atomic E-state index is 12.0. The summed E-state index contributed by atoms with van der Waals surface area (Å²) in [7, 11) is 0. The lowest BCUT2D eigenvalue weighted by molar-refractivity contribution is 0.118. The van der Waals surface area contributed by atoms with E-state index in [9.17, 15) is 8.78 Å². The van der Waals surface area contributed by atoms with E-state index in [1.807, 2.05) is 0 Å². The second kappa shape index (κ2) is 4.97. The monoisotopic (exact) mass is 233 g/mol. The van der Waals surface area contributed by atoms with Gasteiger partial charge in [-0.25, -0.2) is 8.78 Å². The summed E-state index contributed by atoms with van der Waals surface area (Å²) in [6, 6.07) is 0.312. The molecule has 2 N–H and O–H groups in total. The fraction of sp³-hybridized carbons (Fsp3) is 0.333. The highest BCUT2D eigenvalue weighted by atomic mass is 35.5. The molecular weight excluding hydrogens is 227 g/mol. The largest absolute Gasteiger partial charge is 0.319 e. The van der Waals surface area contributed by atoms with Gasteiger partial charge in [0.05, 0.1) is 5.02 Å². The maximum atomic E-state index is 12.0. The molecule has 0 aliphatic rings. The van der Waals surface area contributed by atoms with E-state index in [1.54, 1.807) is 11.4 Å². The Morgan fingerprint density at radius 1 is 1.50 bits per heavy atom. The lowest BCUT2D eigenvalue weighted by Crippen LogP contribution is -2.17. The number of thiophene rings is 1. The number of alkyl halides is 2. The Morgan fingerprint density at radius 2 is 2.08 bits per heavy atom. The van der Waals surface area contributed by atoms with E-state index < -0.39 is 12.5 Å². The smallest absolute Gasteiger partial charge is 0.258 e. The summed E-state index contributed by atoms with van der Waals surface area (Å²) >= 11 is 6.72. The fourth-order valence-electron chi connectivity index (χ4n) is 0.658. The molecule has 70 valence electrons. The third-order valence-electron chi connectivity index (χ3n) is 1.22. The van der Waals surface area contributed by atoms with Gasteiger partial charge in [0, 0.05) is 4.88 Å². The molecule has 0 saturated carbocycles. The van der Waals surface area contributed by atoms with Gasteiger partial charge in [-0.3, -0.25) is 0 Å². The molecule has 1 atom stereocenters. The van der Waals surface area contributed by atoms with Crippen molar-refractivity contribution in [3.05, 3.63) is 21.3 Å². The van der Waals surface area contributed by atoms with Crippen LogP contribution < -0.4 is 5.73 Å². The van der Waals surface area contributed by atoms with Crippen LogP contribution in [-0.4, -0.2) is 6.43 Å². The molecule has 1 heterocycles. The van der Waals surface area contributed by atoms with Crippen LogP contribution >= 0.6 is 35.3 Å². The number of hydrogen-bond donors (Lipinski definition) is 1. The average Bonchev–Trinajstić information content (AvgIpc) is 2.33. The van der Waals surface area contributed by atoms with Crippen LogP contribution in [0.25, 0.3) is 0 Å². The molecular formula is C6H7Cl2F2NS. The van der Waals surface area contributed by atoms with Gasteiger partial charge in [0.25, 0.3) is 6.43 Å². The Balaban J connectivity index is 0.00000121. The summed E-state index contributed by atoms with van der Waals surface area (Å²) in [6.07, 6.45) is -2.55. The predicted octanol–water partition coefficient (Wildman–Crippen LogP) is 3.09. The van der Waals surface area contributed by atoms with Gasteiger partial charge in [-0.05, 0) is 11.4 Å². The predicted molar refractivity (Wildman–Crippen MR) is 49.5 cm³/mol. The second-order valence-electron chi connectivity index (χ2n) is 1.99. The van der Waals surface area contributed by atoms with Gasteiger partial charge in [-0.2, -0.15) is 0 Å². The van der Waals surface area contributed by atoms with Crippen LogP contribution in [-0.2, 0) is 0 Å². The van der Waals surface area contributed by atoms with Gasteiger partial charge >= 0.3 is 0 Å². The highest BCUT2D eigenvalue weighted by Gasteiger charge is 2.20. The highest BCUT2D eigenvalue weighted by Crippen LogP contribution is 2.30. The molecule has 1 nitrogen and oxygen atoms in total. The minimum absolute atomic E-state index is 0. The molecule has 0 radical (unpaired) electrons. The minimum atomic E-state index is -2.55. The zero-order chi connectivity index (χ0) is 8.43. The van der Waals surface area contributed by atoms with Crippen molar-refractivity contribution in [3.63, 3.8) is 0 Å². The van der Waals surface area contributed by atoms with Crippen molar-refractivity contribution in [1.29, 1.82) is 0 Å². The van der Waals surface area contributed by atoms with Crippen molar-refractivity contribution >= 4 is 35.3 Å².